The Kier molecular flexibility index (Phi) is 5.26. The van der Waals surface area contributed by atoms with Crippen LogP contribution in [0.5, 0.6) is 0 Å². The largest absolute Gasteiger partial charge is 0.463 e. The van der Waals surface area contributed by atoms with Crippen LogP contribution >= 0.6 is 11.3 Å². The second kappa shape index (κ2) is 7.57. The van der Waals surface area contributed by atoms with Crippen molar-refractivity contribution in [3.05, 3.63) is 63.9 Å². The maximum absolute atomic E-state index is 12.3. The van der Waals surface area contributed by atoms with Gasteiger partial charge in [-0.1, -0.05) is 36.4 Å². The van der Waals surface area contributed by atoms with Gasteiger partial charge in [0.1, 0.15) is 0 Å². The van der Waals surface area contributed by atoms with Crippen molar-refractivity contribution in [1.82, 2.24) is 4.90 Å². The molecule has 1 aliphatic rings. The molecule has 1 aromatic heterocycles. The lowest BCUT2D eigenvalue weighted by molar-refractivity contribution is -0.138. The van der Waals surface area contributed by atoms with Crippen LogP contribution in [0.4, 0.5) is 0 Å². The Hall–Kier alpha value is -1.91. The molecule has 0 radical (unpaired) electrons. The molecular weight excluding hydrogens is 306 g/mol. The van der Waals surface area contributed by atoms with E-state index in [1.807, 2.05) is 19.1 Å². The summed E-state index contributed by atoms with van der Waals surface area (Å²) >= 11 is 1.68. The van der Waals surface area contributed by atoms with E-state index in [2.05, 4.69) is 40.6 Å². The number of esters is 1. The smallest absolute Gasteiger partial charge is 0.334 e. The van der Waals surface area contributed by atoms with Crippen LogP contribution in [-0.4, -0.2) is 30.6 Å². The molecule has 120 valence electrons. The van der Waals surface area contributed by atoms with Gasteiger partial charge in [-0.3, -0.25) is 4.90 Å². The number of thiophene rings is 1. The number of ether oxygens (including phenoxy) is 1. The Balaban J connectivity index is 1.82. The number of rotatable bonds is 5. The van der Waals surface area contributed by atoms with Crippen LogP contribution in [0, 0.1) is 0 Å². The van der Waals surface area contributed by atoms with Gasteiger partial charge in [-0.05, 0) is 35.9 Å². The monoisotopic (exact) mass is 327 g/mol. The van der Waals surface area contributed by atoms with Crippen LogP contribution < -0.4 is 0 Å². The molecule has 2 aromatic rings. The van der Waals surface area contributed by atoms with Gasteiger partial charge in [-0.25, -0.2) is 4.79 Å². The molecule has 0 N–H and O–H groups in total. The second-order valence-corrected chi connectivity index (χ2v) is 6.55. The average Bonchev–Trinajstić information content (AvgIpc) is 3.10. The second-order valence-electron chi connectivity index (χ2n) is 5.60. The van der Waals surface area contributed by atoms with Crippen LogP contribution in [0.2, 0.25) is 0 Å². The Morgan fingerprint density at radius 1 is 1.22 bits per heavy atom. The molecule has 0 atom stereocenters. The molecule has 23 heavy (non-hydrogen) atoms. The minimum Gasteiger partial charge on any atom is -0.463 e. The van der Waals surface area contributed by atoms with Gasteiger partial charge in [0.2, 0.25) is 0 Å². The fraction of sp³-hybridized carbons (Fsp3) is 0.316. The van der Waals surface area contributed by atoms with Gasteiger partial charge in [0.25, 0.3) is 0 Å². The lowest BCUT2D eigenvalue weighted by Gasteiger charge is -2.30. The molecule has 4 heteroatoms. The highest BCUT2D eigenvalue weighted by Crippen LogP contribution is 2.31. The van der Waals surface area contributed by atoms with Crippen molar-refractivity contribution in [1.29, 1.82) is 0 Å². The topological polar surface area (TPSA) is 29.5 Å². The number of carbonyl (C=O) groups is 1. The summed E-state index contributed by atoms with van der Waals surface area (Å²) in [5.41, 5.74) is 3.27. The Labute approximate surface area is 141 Å². The van der Waals surface area contributed by atoms with Crippen LogP contribution in [0.3, 0.4) is 0 Å². The van der Waals surface area contributed by atoms with Gasteiger partial charge in [0, 0.05) is 30.1 Å². The van der Waals surface area contributed by atoms with Gasteiger partial charge >= 0.3 is 5.97 Å². The van der Waals surface area contributed by atoms with E-state index >= 15 is 0 Å². The number of carbonyl (C=O) groups excluding carboxylic acids is 1. The molecule has 2 heterocycles. The van der Waals surface area contributed by atoms with E-state index in [9.17, 15) is 4.79 Å². The fourth-order valence-corrected chi connectivity index (χ4v) is 3.71. The van der Waals surface area contributed by atoms with Crippen LogP contribution in [0.25, 0.3) is 5.57 Å². The van der Waals surface area contributed by atoms with E-state index in [4.69, 9.17) is 4.74 Å². The summed E-state index contributed by atoms with van der Waals surface area (Å²) in [5.74, 6) is -0.157. The molecule has 1 aliphatic heterocycles. The standard InChI is InChI=1S/C19H21NO2S/c1-2-22-19(21)16-10-11-20(13-15-7-4-3-5-8-15)14-17(16)18-9-6-12-23-18/h3-9,12H,2,10-11,13-14H2,1H3. The third-order valence-electron chi connectivity index (χ3n) is 4.01. The SMILES string of the molecule is CCOC(=O)C1=C(c2cccs2)CN(Cc2ccccc2)CC1. The van der Waals surface area contributed by atoms with E-state index in [0.717, 1.165) is 37.2 Å². The Morgan fingerprint density at radius 2 is 2.04 bits per heavy atom. The van der Waals surface area contributed by atoms with Crippen molar-refractivity contribution in [3.8, 4) is 0 Å². The number of nitrogens with zero attached hydrogens (tertiary/aromatic N) is 1. The van der Waals surface area contributed by atoms with Crippen molar-refractivity contribution in [2.24, 2.45) is 0 Å². The zero-order valence-corrected chi connectivity index (χ0v) is 14.1. The van der Waals surface area contributed by atoms with Gasteiger partial charge in [0.05, 0.1) is 6.61 Å². The first-order valence-electron chi connectivity index (χ1n) is 7.97. The predicted molar refractivity (Wildman–Crippen MR) is 94.2 cm³/mol. The molecular formula is C19H21NO2S. The van der Waals surface area contributed by atoms with Crippen molar-refractivity contribution in [3.63, 3.8) is 0 Å². The summed E-state index contributed by atoms with van der Waals surface area (Å²) in [6.07, 6.45) is 0.749. The molecule has 0 amide bonds. The summed E-state index contributed by atoms with van der Waals surface area (Å²) in [6.45, 7) is 4.87. The molecule has 3 rings (SSSR count). The highest BCUT2D eigenvalue weighted by Gasteiger charge is 2.25. The van der Waals surface area contributed by atoms with Crippen molar-refractivity contribution >= 4 is 22.9 Å². The average molecular weight is 327 g/mol. The summed E-state index contributed by atoms with van der Waals surface area (Å²) in [7, 11) is 0. The molecule has 3 nitrogen and oxygen atoms in total. The van der Waals surface area contributed by atoms with Crippen molar-refractivity contribution in [2.75, 3.05) is 19.7 Å². The third kappa shape index (κ3) is 3.89. The summed E-state index contributed by atoms with van der Waals surface area (Å²) in [4.78, 5) is 15.8. The summed E-state index contributed by atoms with van der Waals surface area (Å²) in [6, 6.07) is 14.6. The zero-order chi connectivity index (χ0) is 16.1. The van der Waals surface area contributed by atoms with E-state index in [1.165, 1.54) is 10.4 Å². The maximum atomic E-state index is 12.3. The van der Waals surface area contributed by atoms with E-state index in [1.54, 1.807) is 11.3 Å². The Bertz CT molecular complexity index is 677. The Morgan fingerprint density at radius 3 is 2.74 bits per heavy atom. The van der Waals surface area contributed by atoms with Gasteiger partial charge in [0.15, 0.2) is 0 Å². The molecule has 0 saturated carbocycles. The van der Waals surface area contributed by atoms with Crippen LogP contribution in [0.1, 0.15) is 23.8 Å². The zero-order valence-electron chi connectivity index (χ0n) is 13.3. The van der Waals surface area contributed by atoms with Crippen LogP contribution in [-0.2, 0) is 16.1 Å². The van der Waals surface area contributed by atoms with Gasteiger partial charge in [-0.2, -0.15) is 0 Å². The molecule has 0 bridgehead atoms. The van der Waals surface area contributed by atoms with Crippen molar-refractivity contribution in [2.45, 2.75) is 19.9 Å². The normalized spacial score (nSPS) is 15.7. The number of hydrogen-bond donors (Lipinski definition) is 0. The lowest BCUT2D eigenvalue weighted by Crippen LogP contribution is -2.32. The first kappa shape index (κ1) is 16.0. The van der Waals surface area contributed by atoms with E-state index in [-0.39, 0.29) is 5.97 Å². The molecule has 0 spiro atoms. The van der Waals surface area contributed by atoms with Crippen LogP contribution in [0.15, 0.2) is 53.4 Å². The molecule has 0 saturated heterocycles. The van der Waals surface area contributed by atoms with Crippen molar-refractivity contribution < 1.29 is 9.53 Å². The highest BCUT2D eigenvalue weighted by molar-refractivity contribution is 7.11. The number of benzene rings is 1. The fourth-order valence-electron chi connectivity index (χ4n) is 2.92. The molecule has 0 aliphatic carbocycles. The first-order chi connectivity index (χ1) is 11.3. The first-order valence-corrected chi connectivity index (χ1v) is 8.85. The predicted octanol–water partition coefficient (Wildman–Crippen LogP) is 3.97. The summed E-state index contributed by atoms with van der Waals surface area (Å²) < 4.78 is 5.25. The minimum absolute atomic E-state index is 0.157. The van der Waals surface area contributed by atoms with E-state index in [0.29, 0.717) is 6.61 Å². The quantitative estimate of drug-likeness (QED) is 0.778. The van der Waals surface area contributed by atoms with Gasteiger partial charge in [-0.15, -0.1) is 11.3 Å². The molecule has 0 fully saturated rings. The maximum Gasteiger partial charge on any atom is 0.334 e. The summed E-state index contributed by atoms with van der Waals surface area (Å²) in [5, 5.41) is 2.06. The molecule has 1 aromatic carbocycles. The minimum atomic E-state index is -0.157. The molecule has 0 unspecified atom stereocenters. The number of hydrogen-bond acceptors (Lipinski definition) is 4. The van der Waals surface area contributed by atoms with Gasteiger partial charge < -0.3 is 4.74 Å². The lowest BCUT2D eigenvalue weighted by atomic mass is 9.98. The highest BCUT2D eigenvalue weighted by atomic mass is 32.1. The van der Waals surface area contributed by atoms with E-state index < -0.39 is 0 Å². The third-order valence-corrected chi connectivity index (χ3v) is 4.94.